The van der Waals surface area contributed by atoms with Crippen molar-refractivity contribution in [3.63, 3.8) is 0 Å². The van der Waals surface area contributed by atoms with Crippen LogP contribution < -0.4 is 5.32 Å². The minimum absolute atomic E-state index is 0.0223. The van der Waals surface area contributed by atoms with Gasteiger partial charge in [-0.15, -0.1) is 0 Å². The monoisotopic (exact) mass is 526 g/mol. The number of rotatable bonds is 10. The van der Waals surface area contributed by atoms with Gasteiger partial charge in [0, 0.05) is 43.3 Å². The quantitative estimate of drug-likeness (QED) is 0.292. The molecule has 1 atom stereocenters. The predicted octanol–water partition coefficient (Wildman–Crippen LogP) is 5.33. The first-order valence-corrected chi connectivity index (χ1v) is 12.6. The van der Waals surface area contributed by atoms with E-state index in [-0.39, 0.29) is 17.7 Å². The van der Waals surface area contributed by atoms with E-state index >= 15 is 0 Å². The summed E-state index contributed by atoms with van der Waals surface area (Å²) in [5, 5.41) is 3.96. The van der Waals surface area contributed by atoms with Crippen molar-refractivity contribution >= 4 is 16.8 Å². The summed E-state index contributed by atoms with van der Waals surface area (Å²) in [5.74, 6) is 0.0293. The van der Waals surface area contributed by atoms with Crippen molar-refractivity contribution < 1.29 is 27.1 Å². The Kier molecular flexibility index (Phi) is 7.80. The van der Waals surface area contributed by atoms with Gasteiger partial charge >= 0.3 is 6.18 Å². The summed E-state index contributed by atoms with van der Waals surface area (Å²) in [6, 6.07) is 13.2. The number of aromatic amines is 1. The zero-order valence-electron chi connectivity index (χ0n) is 20.8. The molecule has 3 heterocycles. The van der Waals surface area contributed by atoms with Crippen LogP contribution in [-0.2, 0) is 30.4 Å². The summed E-state index contributed by atoms with van der Waals surface area (Å²) in [6.07, 6.45) is 1.56. The Balaban J connectivity index is 1.27. The number of para-hydroxylation sites is 1. The third kappa shape index (κ3) is 6.43. The fraction of sp³-hybridized carbons (Fsp3) is 0.357. The summed E-state index contributed by atoms with van der Waals surface area (Å²) in [4.78, 5) is 22.2. The van der Waals surface area contributed by atoms with Gasteiger partial charge in [0.15, 0.2) is 5.69 Å². The van der Waals surface area contributed by atoms with E-state index in [0.717, 1.165) is 47.0 Å². The molecule has 10 heteroatoms. The number of nitrogens with zero attached hydrogens (tertiary/aromatic N) is 2. The maximum atomic E-state index is 13.0. The van der Waals surface area contributed by atoms with Gasteiger partial charge in [0.1, 0.15) is 6.26 Å². The summed E-state index contributed by atoms with van der Waals surface area (Å²) < 4.78 is 50.2. The van der Waals surface area contributed by atoms with Gasteiger partial charge in [0.25, 0.3) is 5.91 Å². The summed E-state index contributed by atoms with van der Waals surface area (Å²) in [6.45, 7) is 2.42. The molecule has 0 spiro atoms. The molecule has 2 aromatic carbocycles. The fourth-order valence-corrected chi connectivity index (χ4v) is 4.67. The van der Waals surface area contributed by atoms with Gasteiger partial charge in [-0.1, -0.05) is 30.3 Å². The normalized spacial score (nSPS) is 15.9. The van der Waals surface area contributed by atoms with E-state index in [2.05, 4.69) is 21.4 Å². The number of ether oxygens (including phenoxy) is 1. The maximum Gasteiger partial charge on any atom is 0.416 e. The highest BCUT2D eigenvalue weighted by Gasteiger charge is 2.30. The van der Waals surface area contributed by atoms with Crippen molar-refractivity contribution in [3.8, 4) is 0 Å². The third-order valence-electron chi connectivity index (χ3n) is 6.72. The van der Waals surface area contributed by atoms with Crippen LogP contribution in [0.5, 0.6) is 0 Å². The van der Waals surface area contributed by atoms with Crippen LogP contribution in [0.1, 0.15) is 45.9 Å². The van der Waals surface area contributed by atoms with Gasteiger partial charge in [0.2, 0.25) is 5.89 Å². The second kappa shape index (κ2) is 11.4. The van der Waals surface area contributed by atoms with Crippen molar-refractivity contribution in [1.82, 2.24) is 20.2 Å². The van der Waals surface area contributed by atoms with Crippen molar-refractivity contribution in [3.05, 3.63) is 89.3 Å². The number of amides is 1. The summed E-state index contributed by atoms with van der Waals surface area (Å²) in [5.41, 5.74) is 2.42. The standard InChI is InChI=1S/C28H29F3N4O3/c29-28(30,31)21-9-7-19(8-10-21)16-35(12-11-20-14-32-24-6-2-1-5-23(20)24)17-26-34-25(18-38-26)27(36)33-15-22-4-3-13-37-22/h1-2,5-10,14,18,22,32H,3-4,11-13,15-17H2,(H,33,36)/t22-/m0/s1. The molecule has 200 valence electrons. The Morgan fingerprint density at radius 2 is 1.95 bits per heavy atom. The van der Waals surface area contributed by atoms with E-state index < -0.39 is 11.7 Å². The smallest absolute Gasteiger partial charge is 0.416 e. The van der Waals surface area contributed by atoms with Crippen LogP contribution in [0.25, 0.3) is 10.9 Å². The average Bonchev–Trinajstić information content (AvgIpc) is 3.67. The molecule has 7 nitrogen and oxygen atoms in total. The topological polar surface area (TPSA) is 83.4 Å². The van der Waals surface area contributed by atoms with Crippen LogP contribution in [0.15, 0.2) is 65.4 Å². The van der Waals surface area contributed by atoms with Crippen molar-refractivity contribution in [2.24, 2.45) is 0 Å². The van der Waals surface area contributed by atoms with Gasteiger partial charge in [0.05, 0.1) is 18.2 Å². The highest BCUT2D eigenvalue weighted by atomic mass is 19.4. The molecule has 0 unspecified atom stereocenters. The number of hydrogen-bond acceptors (Lipinski definition) is 5. The molecule has 2 N–H and O–H groups in total. The van der Waals surface area contributed by atoms with Crippen LogP contribution in [0.3, 0.4) is 0 Å². The second-order valence-corrected chi connectivity index (χ2v) is 9.49. The van der Waals surface area contributed by atoms with E-state index in [0.29, 0.717) is 45.1 Å². The molecule has 1 aliphatic rings. The molecule has 0 saturated carbocycles. The summed E-state index contributed by atoms with van der Waals surface area (Å²) in [7, 11) is 0. The Hall–Kier alpha value is -3.63. The van der Waals surface area contributed by atoms with E-state index in [4.69, 9.17) is 9.15 Å². The molecule has 1 aliphatic heterocycles. The molecule has 2 aromatic heterocycles. The highest BCUT2D eigenvalue weighted by molar-refractivity contribution is 5.91. The Labute approximate surface area is 218 Å². The van der Waals surface area contributed by atoms with Gasteiger partial charge in [-0.05, 0) is 48.6 Å². The molecule has 0 radical (unpaired) electrons. The largest absolute Gasteiger partial charge is 0.447 e. The van der Waals surface area contributed by atoms with E-state index in [1.807, 2.05) is 29.3 Å². The van der Waals surface area contributed by atoms with Crippen molar-refractivity contribution in [2.75, 3.05) is 19.7 Å². The van der Waals surface area contributed by atoms with Crippen molar-refractivity contribution in [1.29, 1.82) is 0 Å². The number of nitrogens with one attached hydrogen (secondary N) is 2. The number of aromatic nitrogens is 2. The molecule has 1 saturated heterocycles. The van der Waals surface area contributed by atoms with E-state index in [9.17, 15) is 18.0 Å². The molecule has 0 bridgehead atoms. The maximum absolute atomic E-state index is 13.0. The number of fused-ring (bicyclic) bond motifs is 1. The summed E-state index contributed by atoms with van der Waals surface area (Å²) >= 11 is 0. The van der Waals surface area contributed by atoms with E-state index in [1.165, 1.54) is 18.4 Å². The lowest BCUT2D eigenvalue weighted by molar-refractivity contribution is -0.137. The van der Waals surface area contributed by atoms with Crippen LogP contribution >= 0.6 is 0 Å². The van der Waals surface area contributed by atoms with Gasteiger partial charge in [-0.3, -0.25) is 9.69 Å². The number of H-pyrrole nitrogens is 1. The minimum Gasteiger partial charge on any atom is -0.447 e. The lowest BCUT2D eigenvalue weighted by atomic mass is 10.1. The first-order valence-electron chi connectivity index (χ1n) is 12.6. The Morgan fingerprint density at radius 3 is 2.71 bits per heavy atom. The predicted molar refractivity (Wildman–Crippen MR) is 135 cm³/mol. The highest BCUT2D eigenvalue weighted by Crippen LogP contribution is 2.29. The SMILES string of the molecule is O=C(NC[C@@H]1CCCO1)c1coc(CN(CCc2c[nH]c3ccccc23)Cc2ccc(C(F)(F)F)cc2)n1. The number of oxazole rings is 1. The van der Waals surface area contributed by atoms with Gasteiger partial charge in [-0.2, -0.15) is 13.2 Å². The molecule has 5 rings (SSSR count). The first-order chi connectivity index (χ1) is 18.3. The Morgan fingerprint density at radius 1 is 1.13 bits per heavy atom. The number of carbonyl (C=O) groups is 1. The van der Waals surface area contributed by atoms with Crippen LogP contribution in [-0.4, -0.2) is 46.6 Å². The average molecular weight is 527 g/mol. The zero-order chi connectivity index (χ0) is 26.5. The third-order valence-corrected chi connectivity index (χ3v) is 6.72. The number of halogens is 3. The molecule has 0 aliphatic carbocycles. The molecule has 1 fully saturated rings. The number of benzene rings is 2. The number of alkyl halides is 3. The second-order valence-electron chi connectivity index (χ2n) is 9.49. The molecular formula is C28H29F3N4O3. The van der Waals surface area contributed by atoms with E-state index in [1.54, 1.807) is 0 Å². The van der Waals surface area contributed by atoms with Gasteiger partial charge < -0.3 is 19.5 Å². The lowest BCUT2D eigenvalue weighted by Gasteiger charge is -2.21. The van der Waals surface area contributed by atoms with Crippen molar-refractivity contribution in [2.45, 2.75) is 44.6 Å². The zero-order valence-corrected chi connectivity index (χ0v) is 20.8. The lowest BCUT2D eigenvalue weighted by Crippen LogP contribution is -2.32. The Bertz CT molecular complexity index is 1360. The van der Waals surface area contributed by atoms with Crippen LogP contribution in [0.2, 0.25) is 0 Å². The molecule has 1 amide bonds. The van der Waals surface area contributed by atoms with Crippen LogP contribution in [0, 0.1) is 0 Å². The number of carbonyl (C=O) groups excluding carboxylic acids is 1. The fourth-order valence-electron chi connectivity index (χ4n) is 4.67. The van der Waals surface area contributed by atoms with Gasteiger partial charge in [-0.25, -0.2) is 4.98 Å². The van der Waals surface area contributed by atoms with Crippen LogP contribution in [0.4, 0.5) is 13.2 Å². The first kappa shape index (κ1) is 26.0. The molecule has 4 aromatic rings. The minimum atomic E-state index is -4.38. The molecular weight excluding hydrogens is 497 g/mol. The number of hydrogen-bond donors (Lipinski definition) is 2. The molecule has 38 heavy (non-hydrogen) atoms.